The van der Waals surface area contributed by atoms with Crippen LogP contribution in [0.4, 0.5) is 0 Å². The molecule has 0 atom stereocenters. The summed E-state index contributed by atoms with van der Waals surface area (Å²) in [5, 5.41) is 15.6. The fraction of sp³-hybridized carbons (Fsp3) is 0.667. The molecule has 0 aliphatic carbocycles. The summed E-state index contributed by atoms with van der Waals surface area (Å²) in [6.07, 6.45) is -0.153. The standard InChI is InChI=1S/C3H6O3.2Na.2H/c4-2-1-3(5)6;;;;/h4H,1-2H2,(H,5,6);;;;/q;2*+1;2*-1. The Hall–Kier alpha value is 1.43. The number of hydrogen-bond acceptors (Lipinski definition) is 2. The van der Waals surface area contributed by atoms with Crippen LogP contribution in [0.5, 0.6) is 0 Å². The summed E-state index contributed by atoms with van der Waals surface area (Å²) >= 11 is 0. The van der Waals surface area contributed by atoms with Gasteiger partial charge in [0.25, 0.3) is 0 Å². The molecule has 2 N–H and O–H groups in total. The number of rotatable bonds is 2. The minimum atomic E-state index is -0.961. The Morgan fingerprint density at radius 1 is 1.50 bits per heavy atom. The molecule has 0 unspecified atom stereocenters. The zero-order chi connectivity index (χ0) is 4.99. The Morgan fingerprint density at radius 3 is 1.88 bits per heavy atom. The molecule has 0 aliphatic heterocycles. The molecule has 0 aromatic heterocycles. The van der Waals surface area contributed by atoms with Gasteiger partial charge >= 0.3 is 65.1 Å². The fourth-order valence-electron chi connectivity index (χ4n) is 0.0956. The van der Waals surface area contributed by atoms with Gasteiger partial charge in [0.05, 0.1) is 13.0 Å². The first-order valence-electron chi connectivity index (χ1n) is 1.60. The predicted molar refractivity (Wildman–Crippen MR) is 21.6 cm³/mol. The molecule has 3 nitrogen and oxygen atoms in total. The van der Waals surface area contributed by atoms with Crippen molar-refractivity contribution in [1.29, 1.82) is 0 Å². The number of hydrogen-bond donors (Lipinski definition) is 2. The second-order valence-corrected chi connectivity index (χ2v) is 0.867. The topological polar surface area (TPSA) is 57.5 Å². The summed E-state index contributed by atoms with van der Waals surface area (Å²) in [6.45, 7) is -0.269. The van der Waals surface area contributed by atoms with Gasteiger partial charge in [-0.25, -0.2) is 0 Å². The van der Waals surface area contributed by atoms with E-state index in [1.165, 1.54) is 0 Å². The molecule has 0 aromatic carbocycles. The van der Waals surface area contributed by atoms with E-state index in [2.05, 4.69) is 0 Å². The maximum atomic E-state index is 9.44. The number of carboxylic acid groups (broad SMARTS) is 1. The summed E-state index contributed by atoms with van der Waals surface area (Å²) in [7, 11) is 0. The van der Waals surface area contributed by atoms with Crippen LogP contribution in [-0.4, -0.2) is 22.8 Å². The van der Waals surface area contributed by atoms with Crippen LogP contribution >= 0.6 is 0 Å². The Bertz CT molecular complexity index is 63.7. The second-order valence-electron chi connectivity index (χ2n) is 0.867. The van der Waals surface area contributed by atoms with Gasteiger partial charge in [0, 0.05) is 0 Å². The van der Waals surface area contributed by atoms with Gasteiger partial charge in [-0.2, -0.15) is 0 Å². The second kappa shape index (κ2) is 11.3. The number of carboxylic acids is 1. The third-order valence-electron chi connectivity index (χ3n) is 0.326. The van der Waals surface area contributed by atoms with E-state index < -0.39 is 5.97 Å². The van der Waals surface area contributed by atoms with E-state index in [1.807, 2.05) is 0 Å². The van der Waals surface area contributed by atoms with Gasteiger partial charge in [-0.05, 0) is 0 Å². The van der Waals surface area contributed by atoms with Crippen molar-refractivity contribution in [1.82, 2.24) is 0 Å². The van der Waals surface area contributed by atoms with Crippen LogP contribution in [-0.2, 0) is 4.79 Å². The molecule has 0 heterocycles. The molecular weight excluding hydrogens is 130 g/mol. The molecule has 0 saturated carbocycles. The van der Waals surface area contributed by atoms with Crippen molar-refractivity contribution < 1.29 is 77.0 Å². The Morgan fingerprint density at radius 2 is 1.88 bits per heavy atom. The van der Waals surface area contributed by atoms with E-state index in [4.69, 9.17) is 10.2 Å². The quantitative estimate of drug-likeness (QED) is 0.373. The third-order valence-corrected chi connectivity index (χ3v) is 0.326. The summed E-state index contributed by atoms with van der Waals surface area (Å²) in [4.78, 5) is 9.44. The van der Waals surface area contributed by atoms with E-state index in [0.717, 1.165) is 0 Å². The van der Waals surface area contributed by atoms with E-state index in [0.29, 0.717) is 0 Å². The van der Waals surface area contributed by atoms with Gasteiger partial charge in [-0.1, -0.05) is 0 Å². The van der Waals surface area contributed by atoms with Crippen molar-refractivity contribution in [2.75, 3.05) is 6.61 Å². The van der Waals surface area contributed by atoms with Gasteiger partial charge in [0.1, 0.15) is 0 Å². The van der Waals surface area contributed by atoms with Crippen molar-refractivity contribution in [2.24, 2.45) is 0 Å². The summed E-state index contributed by atoms with van der Waals surface area (Å²) in [5.41, 5.74) is 0. The molecule has 0 aromatic rings. The maximum Gasteiger partial charge on any atom is 1.00 e. The van der Waals surface area contributed by atoms with E-state index in [-0.39, 0.29) is 75.0 Å². The molecule has 0 amide bonds. The van der Waals surface area contributed by atoms with Gasteiger partial charge in [0.2, 0.25) is 0 Å². The first kappa shape index (κ1) is 16.2. The van der Waals surface area contributed by atoms with Crippen LogP contribution in [0.15, 0.2) is 0 Å². The molecule has 0 fully saturated rings. The van der Waals surface area contributed by atoms with Crippen molar-refractivity contribution >= 4 is 5.97 Å². The zero-order valence-corrected chi connectivity index (χ0v) is 9.22. The van der Waals surface area contributed by atoms with Crippen LogP contribution in [0, 0.1) is 0 Å². The zero-order valence-electron chi connectivity index (χ0n) is 7.22. The molecule has 0 spiro atoms. The SMILES string of the molecule is O=C(O)CCO.[H-].[H-].[Na+].[Na+]. The largest absolute Gasteiger partial charge is 1.00 e. The number of aliphatic hydroxyl groups is 1. The van der Waals surface area contributed by atoms with Crippen LogP contribution in [0.25, 0.3) is 0 Å². The van der Waals surface area contributed by atoms with Gasteiger partial charge in [0.15, 0.2) is 0 Å². The van der Waals surface area contributed by atoms with Crippen LogP contribution in [0.1, 0.15) is 9.27 Å². The molecule has 40 valence electrons. The smallest absolute Gasteiger partial charge is 1.00 e. The summed E-state index contributed by atoms with van der Waals surface area (Å²) < 4.78 is 0. The van der Waals surface area contributed by atoms with E-state index in [9.17, 15) is 4.79 Å². The predicted octanol–water partition coefficient (Wildman–Crippen LogP) is -6.31. The third kappa shape index (κ3) is 15.7. The van der Waals surface area contributed by atoms with Crippen LogP contribution < -0.4 is 59.1 Å². The van der Waals surface area contributed by atoms with Gasteiger partial charge in [-0.3, -0.25) is 4.79 Å². The Kier molecular flexibility index (Phi) is 22.8. The molecule has 0 aliphatic rings. The molecule has 0 rings (SSSR count). The van der Waals surface area contributed by atoms with Gasteiger partial charge < -0.3 is 13.1 Å². The van der Waals surface area contributed by atoms with E-state index in [1.54, 1.807) is 0 Å². The molecular formula is C3H8Na2O3. The van der Waals surface area contributed by atoms with Crippen molar-refractivity contribution in [3.05, 3.63) is 0 Å². The number of carbonyl (C=O) groups is 1. The first-order valence-corrected chi connectivity index (χ1v) is 1.60. The molecule has 8 heavy (non-hydrogen) atoms. The van der Waals surface area contributed by atoms with Gasteiger partial charge in [-0.15, -0.1) is 0 Å². The number of aliphatic hydroxyl groups excluding tert-OH is 1. The molecule has 0 radical (unpaired) electrons. The van der Waals surface area contributed by atoms with Crippen molar-refractivity contribution in [3.63, 3.8) is 0 Å². The average molecular weight is 138 g/mol. The first-order chi connectivity index (χ1) is 2.77. The van der Waals surface area contributed by atoms with Crippen molar-refractivity contribution in [3.8, 4) is 0 Å². The summed E-state index contributed by atoms with van der Waals surface area (Å²) in [5.74, 6) is -0.961. The minimum Gasteiger partial charge on any atom is -1.00 e. The molecule has 5 heteroatoms. The Balaban J connectivity index is -0.0000000208. The van der Waals surface area contributed by atoms with Crippen LogP contribution in [0.3, 0.4) is 0 Å². The maximum absolute atomic E-state index is 9.44. The molecule has 0 saturated heterocycles. The summed E-state index contributed by atoms with van der Waals surface area (Å²) in [6, 6.07) is 0. The normalized spacial score (nSPS) is 6.12. The minimum absolute atomic E-state index is 0. The van der Waals surface area contributed by atoms with E-state index >= 15 is 0 Å². The Labute approximate surface area is 95.0 Å². The fourth-order valence-corrected chi connectivity index (χ4v) is 0.0956. The van der Waals surface area contributed by atoms with Crippen LogP contribution in [0.2, 0.25) is 0 Å². The number of aliphatic carboxylic acids is 1. The monoisotopic (exact) mass is 138 g/mol. The van der Waals surface area contributed by atoms with Crippen molar-refractivity contribution in [2.45, 2.75) is 6.42 Å². The average Bonchev–Trinajstić information content (AvgIpc) is 1.35. The molecule has 0 bridgehead atoms.